The highest BCUT2D eigenvalue weighted by Gasteiger charge is 2.41. The number of benzene rings is 2. The molecule has 0 saturated heterocycles. The number of hydrogen-bond donors (Lipinski definition) is 3. The van der Waals surface area contributed by atoms with Crippen LogP contribution in [0, 0.1) is 17.1 Å². The minimum Gasteiger partial charge on any atom is -0.496 e. The maximum absolute atomic E-state index is 13.9. The van der Waals surface area contributed by atoms with E-state index in [1.807, 2.05) is 12.1 Å². The van der Waals surface area contributed by atoms with Crippen molar-refractivity contribution in [3.05, 3.63) is 59.0 Å². The van der Waals surface area contributed by atoms with E-state index in [4.69, 9.17) is 20.3 Å². The molecule has 44 heavy (non-hydrogen) atoms. The standard InChI is InChI=1S/C31H38FN7O4Si/c1-31(41)13-21(14-31)39-29(34)24(15-33)27(37-39)22-8-6-19(16-35-30(40)23-12-20(32)7-9-26(23)42-2)28-25(22)17-36-38(28)18-43-10-11-44(3,4)5/h6-9,12,17,21,41H,10-11,13-14,16,18,34H2,1-5H3,(H,35,40). The molecule has 11 nitrogen and oxygen atoms in total. The number of halogens is 1. The maximum atomic E-state index is 13.9. The van der Waals surface area contributed by atoms with Crippen LogP contribution in [0.25, 0.3) is 22.2 Å². The third kappa shape index (κ3) is 6.33. The SMILES string of the molecule is COc1ccc(F)cc1C(=O)NCc1ccc(-c2nn(C3CC(C)(O)C3)c(N)c2C#N)c2cnn(COCC[Si](C)(C)C)c12. The molecule has 1 aliphatic rings. The van der Waals surface area contributed by atoms with Crippen molar-refractivity contribution in [3.63, 3.8) is 0 Å². The second kappa shape index (κ2) is 12.0. The number of ether oxygens (including phenoxy) is 2. The van der Waals surface area contributed by atoms with Crippen molar-refractivity contribution in [2.24, 2.45) is 0 Å². The third-order valence-electron chi connectivity index (χ3n) is 7.95. The van der Waals surface area contributed by atoms with Crippen molar-refractivity contribution in [1.82, 2.24) is 24.9 Å². The summed E-state index contributed by atoms with van der Waals surface area (Å²) in [5, 5.41) is 33.3. The summed E-state index contributed by atoms with van der Waals surface area (Å²) < 4.78 is 28.6. The van der Waals surface area contributed by atoms with Crippen molar-refractivity contribution in [1.29, 1.82) is 5.26 Å². The maximum Gasteiger partial charge on any atom is 0.255 e. The first kappa shape index (κ1) is 31.2. The molecule has 2 heterocycles. The number of nitrogens with two attached hydrogens (primary N) is 1. The molecule has 232 valence electrons. The van der Waals surface area contributed by atoms with Crippen LogP contribution >= 0.6 is 0 Å². The van der Waals surface area contributed by atoms with Gasteiger partial charge >= 0.3 is 0 Å². The number of nitrogens with one attached hydrogen (secondary N) is 1. The molecule has 1 fully saturated rings. The summed E-state index contributed by atoms with van der Waals surface area (Å²) >= 11 is 0. The van der Waals surface area contributed by atoms with E-state index in [1.165, 1.54) is 19.2 Å². The number of nitriles is 1. The largest absolute Gasteiger partial charge is 0.496 e. The van der Waals surface area contributed by atoms with Crippen LogP contribution in [0.1, 0.15) is 47.3 Å². The molecule has 5 rings (SSSR count). The Morgan fingerprint density at radius 1 is 1.30 bits per heavy atom. The number of amides is 1. The highest BCUT2D eigenvalue weighted by atomic mass is 28.3. The van der Waals surface area contributed by atoms with Gasteiger partial charge in [-0.3, -0.25) is 4.79 Å². The van der Waals surface area contributed by atoms with Crippen LogP contribution in [0.5, 0.6) is 5.75 Å². The van der Waals surface area contributed by atoms with Gasteiger partial charge in [0.15, 0.2) is 0 Å². The molecule has 2 aromatic carbocycles. The summed E-state index contributed by atoms with van der Waals surface area (Å²) in [6.45, 7) is 9.49. The first-order valence-electron chi connectivity index (χ1n) is 14.5. The van der Waals surface area contributed by atoms with E-state index in [0.29, 0.717) is 41.6 Å². The zero-order chi connectivity index (χ0) is 31.8. The zero-order valence-electron chi connectivity index (χ0n) is 25.6. The van der Waals surface area contributed by atoms with Gasteiger partial charge in [0.2, 0.25) is 0 Å². The predicted molar refractivity (Wildman–Crippen MR) is 167 cm³/mol. The molecule has 1 amide bonds. The van der Waals surface area contributed by atoms with Gasteiger partial charge in [0.25, 0.3) is 5.91 Å². The number of nitrogens with zero attached hydrogens (tertiary/aromatic N) is 5. The molecule has 1 aliphatic carbocycles. The number of hydrogen-bond acceptors (Lipinski definition) is 8. The third-order valence-corrected chi connectivity index (χ3v) is 9.66. The summed E-state index contributed by atoms with van der Waals surface area (Å²) in [5.74, 6) is -0.534. The van der Waals surface area contributed by atoms with Crippen molar-refractivity contribution < 1.29 is 23.8 Å². The van der Waals surface area contributed by atoms with Crippen molar-refractivity contribution in [2.45, 2.75) is 70.4 Å². The van der Waals surface area contributed by atoms with E-state index in [2.05, 4.69) is 36.1 Å². The average molecular weight is 620 g/mol. The quantitative estimate of drug-likeness (QED) is 0.159. The van der Waals surface area contributed by atoms with E-state index in [1.54, 1.807) is 22.5 Å². The van der Waals surface area contributed by atoms with Crippen LogP contribution in [0.3, 0.4) is 0 Å². The number of methoxy groups -OCH3 is 1. The minimum atomic E-state index is -1.30. The first-order valence-corrected chi connectivity index (χ1v) is 18.2. The van der Waals surface area contributed by atoms with E-state index in [0.717, 1.165) is 17.7 Å². The fourth-order valence-corrected chi connectivity index (χ4v) is 6.29. The predicted octanol–water partition coefficient (Wildman–Crippen LogP) is 4.83. The Bertz CT molecular complexity index is 1740. The summed E-state index contributed by atoms with van der Waals surface area (Å²) in [6.07, 6.45) is 2.66. The van der Waals surface area contributed by atoms with Crippen molar-refractivity contribution in [3.8, 4) is 23.1 Å². The number of rotatable bonds is 11. The summed E-state index contributed by atoms with van der Waals surface area (Å²) in [4.78, 5) is 13.1. The van der Waals surface area contributed by atoms with Crippen LogP contribution in [0.4, 0.5) is 10.2 Å². The molecule has 13 heteroatoms. The van der Waals surface area contributed by atoms with Crippen LogP contribution in [0.2, 0.25) is 25.7 Å². The summed E-state index contributed by atoms with van der Waals surface area (Å²) in [7, 11) is 0.116. The molecule has 4 N–H and O–H groups in total. The van der Waals surface area contributed by atoms with Gasteiger partial charge in [0.1, 0.15) is 41.4 Å². The van der Waals surface area contributed by atoms with Gasteiger partial charge in [0, 0.05) is 32.2 Å². The Morgan fingerprint density at radius 2 is 2.05 bits per heavy atom. The highest BCUT2D eigenvalue weighted by Crippen LogP contribution is 2.44. The lowest BCUT2D eigenvalue weighted by atomic mass is 9.77. The number of nitrogen functional groups attached to an aromatic ring is 1. The molecular weight excluding hydrogens is 581 g/mol. The van der Waals surface area contributed by atoms with E-state index in [-0.39, 0.29) is 42.0 Å². The Hall–Kier alpha value is -4.25. The number of carbonyl (C=O) groups excluding carboxylic acids is 1. The lowest BCUT2D eigenvalue weighted by Crippen LogP contribution is -2.42. The molecule has 0 radical (unpaired) electrons. The zero-order valence-corrected chi connectivity index (χ0v) is 26.6. The Balaban J connectivity index is 1.51. The van der Waals surface area contributed by atoms with Crippen LogP contribution in [0.15, 0.2) is 36.5 Å². The van der Waals surface area contributed by atoms with E-state index in [9.17, 15) is 19.6 Å². The smallest absolute Gasteiger partial charge is 0.255 e. The fraction of sp³-hybridized carbons (Fsp3) is 0.419. The van der Waals surface area contributed by atoms with E-state index < -0.39 is 25.4 Å². The second-order valence-corrected chi connectivity index (χ2v) is 18.4. The van der Waals surface area contributed by atoms with Crippen molar-refractivity contribution in [2.75, 3.05) is 19.5 Å². The lowest BCUT2D eigenvalue weighted by molar-refractivity contribution is -0.0535. The fourth-order valence-electron chi connectivity index (χ4n) is 5.53. The molecule has 0 spiro atoms. The second-order valence-electron chi connectivity index (χ2n) is 12.8. The van der Waals surface area contributed by atoms with Gasteiger partial charge in [-0.2, -0.15) is 15.5 Å². The van der Waals surface area contributed by atoms with Gasteiger partial charge in [-0.25, -0.2) is 13.8 Å². The number of aromatic nitrogens is 4. The molecule has 1 saturated carbocycles. The molecule has 0 aliphatic heterocycles. The topological polar surface area (TPSA) is 153 Å². The monoisotopic (exact) mass is 619 g/mol. The normalized spacial score (nSPS) is 18.2. The van der Waals surface area contributed by atoms with Crippen LogP contribution < -0.4 is 15.8 Å². The van der Waals surface area contributed by atoms with Gasteiger partial charge in [-0.05, 0) is 49.6 Å². The lowest BCUT2D eigenvalue weighted by Gasteiger charge is -2.41. The minimum absolute atomic E-state index is 0.0817. The van der Waals surface area contributed by atoms with Gasteiger partial charge in [0.05, 0.1) is 36.0 Å². The Morgan fingerprint density at radius 3 is 2.70 bits per heavy atom. The molecule has 0 atom stereocenters. The Labute approximate surface area is 256 Å². The number of anilines is 1. The first-order chi connectivity index (χ1) is 20.8. The van der Waals surface area contributed by atoms with E-state index >= 15 is 0 Å². The number of fused-ring (bicyclic) bond motifs is 1. The number of aliphatic hydroxyl groups is 1. The van der Waals surface area contributed by atoms with Gasteiger partial charge in [-0.15, -0.1) is 0 Å². The van der Waals surface area contributed by atoms with Gasteiger partial charge in [-0.1, -0.05) is 31.8 Å². The molecule has 4 aromatic rings. The summed E-state index contributed by atoms with van der Waals surface area (Å²) in [5.41, 5.74) is 8.44. The number of carbonyl (C=O) groups is 1. The van der Waals surface area contributed by atoms with Crippen LogP contribution in [-0.2, 0) is 18.0 Å². The highest BCUT2D eigenvalue weighted by molar-refractivity contribution is 6.76. The molecule has 2 aromatic heterocycles. The molecular formula is C31H38FN7O4Si. The Kier molecular flexibility index (Phi) is 8.52. The average Bonchev–Trinajstić information content (AvgIpc) is 3.53. The van der Waals surface area contributed by atoms with Crippen molar-refractivity contribution >= 4 is 30.7 Å². The summed E-state index contributed by atoms with van der Waals surface area (Å²) in [6, 6.07) is 10.5. The molecule has 0 bridgehead atoms. The molecule has 0 unspecified atom stereocenters. The van der Waals surface area contributed by atoms with Crippen LogP contribution in [-0.4, -0.2) is 58.0 Å². The van der Waals surface area contributed by atoms with Gasteiger partial charge < -0.3 is 25.6 Å².